The molecular formula is C19H24O3. The Morgan fingerprint density at radius 1 is 1.18 bits per heavy atom. The van der Waals surface area contributed by atoms with E-state index in [0.29, 0.717) is 36.4 Å². The van der Waals surface area contributed by atoms with Gasteiger partial charge in [-0.3, -0.25) is 9.59 Å². The molecule has 0 saturated heterocycles. The summed E-state index contributed by atoms with van der Waals surface area (Å²) in [5, 5.41) is 10.7. The predicted octanol–water partition coefficient (Wildman–Crippen LogP) is 2.83. The average molecular weight is 300 g/mol. The van der Waals surface area contributed by atoms with E-state index in [-0.39, 0.29) is 16.6 Å². The van der Waals surface area contributed by atoms with Gasteiger partial charge in [0.05, 0.1) is 6.10 Å². The molecule has 3 saturated carbocycles. The Morgan fingerprint density at radius 2 is 1.95 bits per heavy atom. The molecule has 3 heteroatoms. The lowest BCUT2D eigenvalue weighted by Crippen LogP contribution is -2.53. The fourth-order valence-corrected chi connectivity index (χ4v) is 6.02. The van der Waals surface area contributed by atoms with Crippen molar-refractivity contribution in [1.29, 1.82) is 0 Å². The predicted molar refractivity (Wildman–Crippen MR) is 83.0 cm³/mol. The summed E-state index contributed by atoms with van der Waals surface area (Å²) in [5.74, 6) is 1.64. The van der Waals surface area contributed by atoms with Gasteiger partial charge in [-0.25, -0.2) is 0 Å². The second-order valence-corrected chi connectivity index (χ2v) is 8.16. The van der Waals surface area contributed by atoms with Crippen LogP contribution < -0.4 is 0 Å². The fourth-order valence-electron chi connectivity index (χ4n) is 6.02. The molecule has 0 bridgehead atoms. The fraction of sp³-hybridized carbons (Fsp3) is 0.684. The van der Waals surface area contributed by atoms with Gasteiger partial charge in [0.2, 0.25) is 0 Å². The van der Waals surface area contributed by atoms with Crippen LogP contribution in [0.2, 0.25) is 0 Å². The first kappa shape index (κ1) is 14.4. The van der Waals surface area contributed by atoms with E-state index < -0.39 is 6.10 Å². The summed E-state index contributed by atoms with van der Waals surface area (Å²) in [4.78, 5) is 24.1. The molecule has 3 fully saturated rings. The number of carbonyl (C=O) groups excluding carboxylic acids is 2. The minimum atomic E-state index is -0.543. The lowest BCUT2D eigenvalue weighted by atomic mass is 9.48. The monoisotopic (exact) mass is 300 g/mol. The SMILES string of the molecule is C[C@]12C=CC(=O)C=C1C(O)C[C@@H]1[C@@H]2CC[C@]2(C)C(=O)CC[C@@H]12. The summed E-state index contributed by atoms with van der Waals surface area (Å²) < 4.78 is 0. The van der Waals surface area contributed by atoms with Crippen LogP contribution in [0.4, 0.5) is 0 Å². The largest absolute Gasteiger partial charge is 0.389 e. The van der Waals surface area contributed by atoms with Gasteiger partial charge in [0, 0.05) is 17.3 Å². The molecule has 3 nitrogen and oxygen atoms in total. The molecule has 0 aromatic rings. The van der Waals surface area contributed by atoms with Gasteiger partial charge in [-0.2, -0.15) is 0 Å². The van der Waals surface area contributed by atoms with Crippen molar-refractivity contribution < 1.29 is 14.7 Å². The maximum atomic E-state index is 12.4. The molecule has 0 aliphatic heterocycles. The first-order valence-corrected chi connectivity index (χ1v) is 8.53. The van der Waals surface area contributed by atoms with Crippen molar-refractivity contribution in [3.63, 3.8) is 0 Å². The van der Waals surface area contributed by atoms with Crippen LogP contribution in [0.3, 0.4) is 0 Å². The van der Waals surface area contributed by atoms with Gasteiger partial charge >= 0.3 is 0 Å². The Balaban J connectivity index is 1.76. The molecule has 0 heterocycles. The number of hydrogen-bond donors (Lipinski definition) is 1. The second-order valence-electron chi connectivity index (χ2n) is 8.16. The third-order valence-corrected chi connectivity index (χ3v) is 7.28. The van der Waals surface area contributed by atoms with Crippen LogP contribution >= 0.6 is 0 Å². The quantitative estimate of drug-likeness (QED) is 0.748. The second kappa shape index (κ2) is 4.41. The molecule has 1 N–H and O–H groups in total. The molecule has 118 valence electrons. The van der Waals surface area contributed by atoms with Crippen molar-refractivity contribution in [2.45, 2.75) is 52.1 Å². The third-order valence-electron chi connectivity index (χ3n) is 7.28. The van der Waals surface area contributed by atoms with Gasteiger partial charge in [-0.05, 0) is 61.2 Å². The van der Waals surface area contributed by atoms with Gasteiger partial charge in [0.15, 0.2) is 5.78 Å². The van der Waals surface area contributed by atoms with Gasteiger partial charge in [-0.1, -0.05) is 19.9 Å². The van der Waals surface area contributed by atoms with E-state index in [2.05, 4.69) is 13.8 Å². The third kappa shape index (κ3) is 1.66. The van der Waals surface area contributed by atoms with Crippen molar-refractivity contribution in [2.24, 2.45) is 28.6 Å². The average Bonchev–Trinajstić information content (AvgIpc) is 2.77. The Morgan fingerprint density at radius 3 is 2.73 bits per heavy atom. The first-order chi connectivity index (χ1) is 10.4. The van der Waals surface area contributed by atoms with E-state index in [1.165, 1.54) is 0 Å². The lowest BCUT2D eigenvalue weighted by molar-refractivity contribution is -0.132. The maximum Gasteiger partial charge on any atom is 0.178 e. The highest BCUT2D eigenvalue weighted by Gasteiger charge is 2.59. The van der Waals surface area contributed by atoms with Crippen LogP contribution in [0.5, 0.6) is 0 Å². The summed E-state index contributed by atoms with van der Waals surface area (Å²) in [7, 11) is 0. The molecule has 22 heavy (non-hydrogen) atoms. The Kier molecular flexibility index (Phi) is 2.88. The topological polar surface area (TPSA) is 54.4 Å². The van der Waals surface area contributed by atoms with Crippen molar-refractivity contribution >= 4 is 11.6 Å². The molecule has 6 atom stereocenters. The van der Waals surface area contributed by atoms with Gasteiger partial charge in [-0.15, -0.1) is 0 Å². The molecule has 4 rings (SSSR count). The lowest BCUT2D eigenvalue weighted by Gasteiger charge is -2.56. The molecule has 1 unspecified atom stereocenters. The highest BCUT2D eigenvalue weighted by Crippen LogP contribution is 2.63. The molecule has 0 radical (unpaired) electrons. The van der Waals surface area contributed by atoms with Crippen molar-refractivity contribution in [3.05, 3.63) is 23.8 Å². The van der Waals surface area contributed by atoms with Gasteiger partial charge in [0.25, 0.3) is 0 Å². The molecule has 0 spiro atoms. The Labute approximate surface area is 131 Å². The van der Waals surface area contributed by atoms with Crippen molar-refractivity contribution in [1.82, 2.24) is 0 Å². The van der Waals surface area contributed by atoms with E-state index in [1.54, 1.807) is 12.2 Å². The van der Waals surface area contributed by atoms with E-state index in [4.69, 9.17) is 0 Å². The highest BCUT2D eigenvalue weighted by molar-refractivity contribution is 6.01. The number of rotatable bonds is 0. The van der Waals surface area contributed by atoms with E-state index in [1.807, 2.05) is 6.08 Å². The van der Waals surface area contributed by atoms with E-state index in [0.717, 1.165) is 24.8 Å². The van der Waals surface area contributed by atoms with Crippen LogP contribution in [0.25, 0.3) is 0 Å². The van der Waals surface area contributed by atoms with Crippen LogP contribution in [0.15, 0.2) is 23.8 Å². The molecular weight excluding hydrogens is 276 g/mol. The van der Waals surface area contributed by atoms with Gasteiger partial charge in [0.1, 0.15) is 5.78 Å². The minimum absolute atomic E-state index is 0.0123. The van der Waals surface area contributed by atoms with Crippen molar-refractivity contribution in [3.8, 4) is 0 Å². The Bertz CT molecular complexity index is 616. The van der Waals surface area contributed by atoms with Crippen LogP contribution in [0, 0.1) is 28.6 Å². The number of carbonyl (C=O) groups is 2. The molecule has 4 aliphatic carbocycles. The number of Topliss-reactive ketones (excluding diaryl/α,β-unsaturated/α-hetero) is 1. The standard InChI is InChI=1S/C19H24O3/c1-18-7-5-11(20)9-15(18)16(21)10-12-13-3-4-17(22)19(13,2)8-6-14(12)18/h5,7,9,12-14,16,21H,3-4,6,8,10H2,1-2H3/t12-,13-,14-,16?,18+,19-/m0/s1. The Hall–Kier alpha value is -1.22. The summed E-state index contributed by atoms with van der Waals surface area (Å²) >= 11 is 0. The summed E-state index contributed by atoms with van der Waals surface area (Å²) in [6.07, 6.45) is 9.14. The molecule has 4 aliphatic rings. The van der Waals surface area contributed by atoms with Crippen LogP contribution in [-0.4, -0.2) is 22.8 Å². The summed E-state index contributed by atoms with van der Waals surface area (Å²) in [6.45, 7) is 4.31. The number of hydrogen-bond acceptors (Lipinski definition) is 3. The zero-order chi connectivity index (χ0) is 15.7. The van der Waals surface area contributed by atoms with Crippen LogP contribution in [-0.2, 0) is 9.59 Å². The summed E-state index contributed by atoms with van der Waals surface area (Å²) in [5.41, 5.74) is 0.504. The zero-order valence-corrected chi connectivity index (χ0v) is 13.3. The first-order valence-electron chi connectivity index (χ1n) is 8.53. The molecule has 0 aromatic heterocycles. The van der Waals surface area contributed by atoms with Gasteiger partial charge < -0.3 is 5.11 Å². The smallest absolute Gasteiger partial charge is 0.178 e. The number of allylic oxidation sites excluding steroid dienone is 3. The normalized spacial score (nSPS) is 50.2. The van der Waals surface area contributed by atoms with Crippen molar-refractivity contribution in [2.75, 3.05) is 0 Å². The zero-order valence-electron chi connectivity index (χ0n) is 13.3. The maximum absolute atomic E-state index is 12.4. The highest BCUT2D eigenvalue weighted by atomic mass is 16.3. The number of aliphatic hydroxyl groups excluding tert-OH is 1. The minimum Gasteiger partial charge on any atom is -0.389 e. The molecule has 0 aromatic carbocycles. The number of aliphatic hydroxyl groups is 1. The van der Waals surface area contributed by atoms with E-state index >= 15 is 0 Å². The van der Waals surface area contributed by atoms with Crippen LogP contribution in [0.1, 0.15) is 46.0 Å². The summed E-state index contributed by atoms with van der Waals surface area (Å²) in [6, 6.07) is 0. The number of fused-ring (bicyclic) bond motifs is 5. The van der Waals surface area contributed by atoms with E-state index in [9.17, 15) is 14.7 Å². The number of ketones is 2. The molecule has 0 amide bonds.